The smallest absolute Gasteiger partial charge is 0.226 e. The minimum Gasteiger partial charge on any atom is -0.497 e. The van der Waals surface area contributed by atoms with Crippen molar-refractivity contribution in [3.63, 3.8) is 0 Å². The minimum atomic E-state index is 0.401. The van der Waals surface area contributed by atoms with Crippen molar-refractivity contribution in [2.45, 2.75) is 49.1 Å². The van der Waals surface area contributed by atoms with Crippen LogP contribution in [0.5, 0.6) is 5.75 Å². The van der Waals surface area contributed by atoms with Gasteiger partial charge in [-0.15, -0.1) is 10.2 Å². The van der Waals surface area contributed by atoms with Crippen molar-refractivity contribution in [2.24, 2.45) is 0 Å². The van der Waals surface area contributed by atoms with Gasteiger partial charge in [-0.2, -0.15) is 0 Å². The Morgan fingerprint density at radius 2 is 1.90 bits per heavy atom. The van der Waals surface area contributed by atoms with E-state index in [-0.39, 0.29) is 0 Å². The van der Waals surface area contributed by atoms with Crippen molar-refractivity contribution in [3.05, 3.63) is 54.6 Å². The van der Waals surface area contributed by atoms with Crippen LogP contribution in [0.15, 0.2) is 62.9 Å². The first kappa shape index (κ1) is 19.9. The Bertz CT molecular complexity index is 1110. The Balaban J connectivity index is 1.35. The molecule has 4 aromatic rings. The van der Waals surface area contributed by atoms with E-state index in [1.807, 2.05) is 36.4 Å². The Hall–Kier alpha value is -3.00. The van der Waals surface area contributed by atoms with E-state index in [4.69, 9.17) is 13.6 Å². The highest BCUT2D eigenvalue weighted by Gasteiger charge is 2.25. The minimum absolute atomic E-state index is 0.401. The summed E-state index contributed by atoms with van der Waals surface area (Å²) >= 11 is 1.63. The highest BCUT2D eigenvalue weighted by atomic mass is 32.2. The fourth-order valence-corrected chi connectivity index (χ4v) is 4.88. The van der Waals surface area contributed by atoms with E-state index in [9.17, 15) is 0 Å². The van der Waals surface area contributed by atoms with Gasteiger partial charge in [0.15, 0.2) is 10.9 Å². The van der Waals surface area contributed by atoms with E-state index < -0.39 is 0 Å². The second kappa shape index (κ2) is 9.01. The van der Waals surface area contributed by atoms with Gasteiger partial charge in [-0.1, -0.05) is 31.0 Å². The Labute approximate surface area is 184 Å². The third-order valence-corrected chi connectivity index (χ3v) is 6.56. The Kier molecular flexibility index (Phi) is 5.80. The molecule has 1 fully saturated rings. The van der Waals surface area contributed by atoms with Crippen LogP contribution >= 0.6 is 11.8 Å². The van der Waals surface area contributed by atoms with Gasteiger partial charge >= 0.3 is 0 Å². The number of nitrogens with zero attached hydrogens (tertiary/aromatic N) is 4. The summed E-state index contributed by atoms with van der Waals surface area (Å²) in [4.78, 5) is 4.65. The van der Waals surface area contributed by atoms with E-state index in [1.165, 1.54) is 19.3 Å². The van der Waals surface area contributed by atoms with Crippen LogP contribution in [0.1, 0.15) is 43.8 Å². The van der Waals surface area contributed by atoms with Gasteiger partial charge in [-0.25, -0.2) is 4.98 Å². The molecule has 7 nitrogen and oxygen atoms in total. The monoisotopic (exact) mass is 436 g/mol. The van der Waals surface area contributed by atoms with Gasteiger partial charge in [-0.05, 0) is 49.2 Å². The van der Waals surface area contributed by atoms with Crippen molar-refractivity contribution in [3.8, 4) is 28.8 Å². The van der Waals surface area contributed by atoms with E-state index in [0.717, 1.165) is 46.6 Å². The number of benzene rings is 1. The van der Waals surface area contributed by atoms with E-state index in [2.05, 4.69) is 19.7 Å². The molecule has 160 valence electrons. The van der Waals surface area contributed by atoms with Crippen LogP contribution in [0, 0.1) is 0 Å². The summed E-state index contributed by atoms with van der Waals surface area (Å²) in [6.45, 7) is 0. The molecule has 0 radical (unpaired) electrons. The molecule has 1 aliphatic rings. The van der Waals surface area contributed by atoms with Crippen LogP contribution in [-0.4, -0.2) is 26.9 Å². The fourth-order valence-electron chi connectivity index (χ4n) is 4.00. The van der Waals surface area contributed by atoms with E-state index >= 15 is 0 Å². The topological polar surface area (TPSA) is 79.1 Å². The Morgan fingerprint density at radius 1 is 1.06 bits per heavy atom. The quantitative estimate of drug-likeness (QED) is 0.329. The molecule has 1 aromatic carbocycles. The van der Waals surface area contributed by atoms with Crippen molar-refractivity contribution in [2.75, 3.05) is 7.11 Å². The number of hydrogen-bond donors (Lipinski definition) is 0. The third kappa shape index (κ3) is 4.25. The molecule has 0 spiro atoms. The summed E-state index contributed by atoms with van der Waals surface area (Å²) in [6.07, 6.45) is 9.44. The standard InChI is InChI=1S/C23H24N4O3S/c1-28-19-11-9-16(10-12-19)22-24-17(14-30-22)15-31-23-26-25-21(20-8-5-13-29-20)27(23)18-6-3-2-4-7-18/h5,8-14,18H,2-4,6-7,15H2,1H3. The molecule has 5 rings (SSSR count). The van der Waals surface area contributed by atoms with Crippen LogP contribution < -0.4 is 4.74 Å². The summed E-state index contributed by atoms with van der Waals surface area (Å²) < 4.78 is 18.8. The Morgan fingerprint density at radius 3 is 2.65 bits per heavy atom. The molecule has 0 bridgehead atoms. The zero-order valence-corrected chi connectivity index (χ0v) is 18.2. The number of ether oxygens (including phenoxy) is 1. The van der Waals surface area contributed by atoms with Crippen LogP contribution in [0.4, 0.5) is 0 Å². The molecule has 3 heterocycles. The average Bonchev–Trinajstić information content (AvgIpc) is 3.59. The molecule has 0 saturated heterocycles. The largest absolute Gasteiger partial charge is 0.497 e. The zero-order chi connectivity index (χ0) is 21.0. The maximum Gasteiger partial charge on any atom is 0.226 e. The molecule has 31 heavy (non-hydrogen) atoms. The highest BCUT2D eigenvalue weighted by Crippen LogP contribution is 2.36. The molecule has 1 saturated carbocycles. The summed E-state index contributed by atoms with van der Waals surface area (Å²) in [5.41, 5.74) is 1.79. The van der Waals surface area contributed by atoms with Gasteiger partial charge < -0.3 is 13.6 Å². The molecule has 0 aliphatic heterocycles. The van der Waals surface area contributed by atoms with Crippen molar-refractivity contribution < 1.29 is 13.6 Å². The maximum atomic E-state index is 5.70. The number of rotatable bonds is 7. The van der Waals surface area contributed by atoms with E-state index in [1.54, 1.807) is 31.4 Å². The maximum absolute atomic E-state index is 5.70. The molecule has 3 aromatic heterocycles. The number of furan rings is 1. The van der Waals surface area contributed by atoms with Gasteiger partial charge in [0.1, 0.15) is 12.0 Å². The first-order valence-electron chi connectivity index (χ1n) is 10.5. The lowest BCUT2D eigenvalue weighted by Crippen LogP contribution is -2.15. The molecule has 0 N–H and O–H groups in total. The summed E-state index contributed by atoms with van der Waals surface area (Å²) in [5.74, 6) is 3.62. The van der Waals surface area contributed by atoms with E-state index in [0.29, 0.717) is 17.7 Å². The van der Waals surface area contributed by atoms with Crippen molar-refractivity contribution >= 4 is 11.8 Å². The van der Waals surface area contributed by atoms with Gasteiger partial charge in [-0.3, -0.25) is 4.57 Å². The number of thioether (sulfide) groups is 1. The molecular weight excluding hydrogens is 412 g/mol. The highest BCUT2D eigenvalue weighted by molar-refractivity contribution is 7.98. The number of aromatic nitrogens is 4. The molecule has 0 atom stereocenters. The van der Waals surface area contributed by atoms with Crippen molar-refractivity contribution in [1.82, 2.24) is 19.7 Å². The summed E-state index contributed by atoms with van der Waals surface area (Å²) in [5, 5.41) is 9.84. The normalized spacial score (nSPS) is 14.7. The molecular formula is C23H24N4O3S. The first-order chi connectivity index (χ1) is 15.3. The molecule has 8 heteroatoms. The van der Waals surface area contributed by atoms with Crippen LogP contribution in [-0.2, 0) is 5.75 Å². The number of hydrogen-bond acceptors (Lipinski definition) is 7. The SMILES string of the molecule is COc1ccc(-c2nc(CSc3nnc(-c4ccco4)n3C3CCCCC3)co2)cc1. The third-order valence-electron chi connectivity index (χ3n) is 5.58. The predicted molar refractivity (Wildman–Crippen MR) is 118 cm³/mol. The van der Waals surface area contributed by atoms with Gasteiger partial charge in [0.25, 0.3) is 0 Å². The lowest BCUT2D eigenvalue weighted by atomic mass is 9.95. The second-order valence-corrected chi connectivity index (χ2v) is 8.55. The van der Waals surface area contributed by atoms with Crippen LogP contribution in [0.25, 0.3) is 23.0 Å². The lowest BCUT2D eigenvalue weighted by molar-refractivity contribution is 0.337. The van der Waals surface area contributed by atoms with Gasteiger partial charge in [0.05, 0.1) is 19.1 Å². The lowest BCUT2D eigenvalue weighted by Gasteiger charge is -2.25. The number of oxazole rings is 1. The summed E-state index contributed by atoms with van der Waals surface area (Å²) in [7, 11) is 1.65. The summed E-state index contributed by atoms with van der Waals surface area (Å²) in [6, 6.07) is 11.9. The average molecular weight is 437 g/mol. The predicted octanol–water partition coefficient (Wildman–Crippen LogP) is 6.00. The van der Waals surface area contributed by atoms with Gasteiger partial charge in [0, 0.05) is 17.4 Å². The number of methoxy groups -OCH3 is 1. The molecule has 0 amide bonds. The molecule has 0 unspecified atom stereocenters. The zero-order valence-electron chi connectivity index (χ0n) is 17.4. The first-order valence-corrected chi connectivity index (χ1v) is 11.5. The van der Waals surface area contributed by atoms with Gasteiger partial charge in [0.2, 0.25) is 11.7 Å². The van der Waals surface area contributed by atoms with Crippen LogP contribution in [0.3, 0.4) is 0 Å². The van der Waals surface area contributed by atoms with Crippen molar-refractivity contribution in [1.29, 1.82) is 0 Å². The second-order valence-electron chi connectivity index (χ2n) is 7.61. The fraction of sp³-hybridized carbons (Fsp3) is 0.348. The molecule has 1 aliphatic carbocycles. The van der Waals surface area contributed by atoms with Crippen LogP contribution in [0.2, 0.25) is 0 Å².